The van der Waals surface area contributed by atoms with Crippen LogP contribution < -0.4 is 10.2 Å². The van der Waals surface area contributed by atoms with E-state index in [4.69, 9.17) is 11.6 Å². The summed E-state index contributed by atoms with van der Waals surface area (Å²) in [6.07, 6.45) is 5.01. The molecule has 0 saturated heterocycles. The zero-order valence-corrected chi connectivity index (χ0v) is 13.0. The summed E-state index contributed by atoms with van der Waals surface area (Å²) in [5, 5.41) is 13.5. The van der Waals surface area contributed by atoms with E-state index in [-0.39, 0.29) is 6.61 Å². The van der Waals surface area contributed by atoms with E-state index < -0.39 is 0 Å². The van der Waals surface area contributed by atoms with Gasteiger partial charge in [-0.15, -0.1) is 0 Å². The molecule has 1 aromatic rings. The van der Waals surface area contributed by atoms with Crippen LogP contribution in [0.5, 0.6) is 0 Å². The van der Waals surface area contributed by atoms with Crippen LogP contribution in [0.3, 0.4) is 0 Å². The molecule has 4 heteroatoms. The molecule has 20 heavy (non-hydrogen) atoms. The van der Waals surface area contributed by atoms with Crippen LogP contribution in [-0.4, -0.2) is 30.8 Å². The normalized spacial score (nSPS) is 15.8. The lowest BCUT2D eigenvalue weighted by molar-refractivity contribution is 0.297. The number of rotatable bonds is 7. The lowest BCUT2D eigenvalue weighted by Crippen LogP contribution is -2.36. The molecule has 1 saturated carbocycles. The SMILES string of the molecule is CCNCc1ccc(Cl)cc1N(CCO)C1CCCC1. The van der Waals surface area contributed by atoms with E-state index in [0.29, 0.717) is 12.6 Å². The maximum atomic E-state index is 9.40. The number of nitrogens with zero attached hydrogens (tertiary/aromatic N) is 1. The van der Waals surface area contributed by atoms with Gasteiger partial charge in [-0.1, -0.05) is 37.4 Å². The molecule has 0 amide bonds. The molecule has 0 radical (unpaired) electrons. The molecule has 2 rings (SSSR count). The second-order valence-electron chi connectivity index (χ2n) is 5.41. The predicted molar refractivity (Wildman–Crippen MR) is 85.5 cm³/mol. The fourth-order valence-corrected chi connectivity index (χ4v) is 3.20. The summed E-state index contributed by atoms with van der Waals surface area (Å²) in [7, 11) is 0. The van der Waals surface area contributed by atoms with E-state index in [0.717, 1.165) is 18.1 Å². The lowest BCUT2D eigenvalue weighted by atomic mass is 10.1. The van der Waals surface area contributed by atoms with Crippen molar-refractivity contribution < 1.29 is 5.11 Å². The third kappa shape index (κ3) is 3.87. The molecule has 3 nitrogen and oxygen atoms in total. The second-order valence-corrected chi connectivity index (χ2v) is 5.85. The Hall–Kier alpha value is -0.770. The Morgan fingerprint density at radius 2 is 2.10 bits per heavy atom. The minimum absolute atomic E-state index is 0.184. The average molecular weight is 297 g/mol. The Balaban J connectivity index is 2.26. The van der Waals surface area contributed by atoms with Crippen LogP contribution in [0.15, 0.2) is 18.2 Å². The molecule has 0 heterocycles. The Bertz CT molecular complexity index is 419. The molecule has 1 aliphatic carbocycles. The molecular weight excluding hydrogens is 272 g/mol. The third-order valence-electron chi connectivity index (χ3n) is 4.03. The monoisotopic (exact) mass is 296 g/mol. The first-order valence-corrected chi connectivity index (χ1v) is 8.00. The number of aliphatic hydroxyl groups excluding tert-OH is 1. The molecule has 0 spiro atoms. The van der Waals surface area contributed by atoms with Gasteiger partial charge in [-0.2, -0.15) is 0 Å². The van der Waals surface area contributed by atoms with Gasteiger partial charge >= 0.3 is 0 Å². The summed E-state index contributed by atoms with van der Waals surface area (Å²) in [5.74, 6) is 0. The highest BCUT2D eigenvalue weighted by Gasteiger charge is 2.24. The smallest absolute Gasteiger partial charge is 0.0606 e. The quantitative estimate of drug-likeness (QED) is 0.811. The first-order chi connectivity index (χ1) is 9.76. The summed E-state index contributed by atoms with van der Waals surface area (Å²) in [4.78, 5) is 2.35. The summed E-state index contributed by atoms with van der Waals surface area (Å²) in [6.45, 7) is 4.77. The number of aliphatic hydroxyl groups is 1. The second kappa shape index (κ2) is 7.87. The zero-order valence-electron chi connectivity index (χ0n) is 12.2. The number of hydrogen-bond donors (Lipinski definition) is 2. The Morgan fingerprint density at radius 1 is 1.35 bits per heavy atom. The predicted octanol–water partition coefficient (Wildman–Crippen LogP) is 3.19. The van der Waals surface area contributed by atoms with Crippen LogP contribution in [0.25, 0.3) is 0 Å². The molecule has 0 atom stereocenters. The van der Waals surface area contributed by atoms with Crippen LogP contribution in [-0.2, 0) is 6.54 Å². The first-order valence-electron chi connectivity index (χ1n) is 7.63. The van der Waals surface area contributed by atoms with E-state index in [1.807, 2.05) is 12.1 Å². The summed E-state index contributed by atoms with van der Waals surface area (Å²) in [6, 6.07) is 6.63. The fourth-order valence-electron chi connectivity index (χ4n) is 3.04. The van der Waals surface area contributed by atoms with E-state index in [1.54, 1.807) is 0 Å². The van der Waals surface area contributed by atoms with E-state index >= 15 is 0 Å². The highest BCUT2D eigenvalue weighted by molar-refractivity contribution is 6.30. The molecule has 1 aromatic carbocycles. The standard InChI is InChI=1S/C16H25ClN2O/c1-2-18-12-13-7-8-14(17)11-16(13)19(9-10-20)15-5-3-4-6-15/h7-8,11,15,18,20H,2-6,9-10,12H2,1H3. The van der Waals surface area contributed by atoms with Crippen LogP contribution in [0.4, 0.5) is 5.69 Å². The number of hydrogen-bond acceptors (Lipinski definition) is 3. The van der Waals surface area contributed by atoms with Crippen molar-refractivity contribution in [3.05, 3.63) is 28.8 Å². The Labute approximate surface area is 126 Å². The molecule has 1 aliphatic rings. The van der Waals surface area contributed by atoms with Crippen LogP contribution in [0, 0.1) is 0 Å². The molecule has 2 N–H and O–H groups in total. The summed E-state index contributed by atoms with van der Waals surface area (Å²) >= 11 is 6.19. The third-order valence-corrected chi connectivity index (χ3v) is 4.26. The molecule has 0 aromatic heterocycles. The highest BCUT2D eigenvalue weighted by atomic mass is 35.5. The van der Waals surface area contributed by atoms with E-state index in [1.165, 1.54) is 36.9 Å². The van der Waals surface area contributed by atoms with Crippen molar-refractivity contribution in [1.29, 1.82) is 0 Å². The number of benzene rings is 1. The number of nitrogens with one attached hydrogen (secondary N) is 1. The van der Waals surface area contributed by atoms with Crippen molar-refractivity contribution in [2.24, 2.45) is 0 Å². The molecule has 0 unspecified atom stereocenters. The molecule has 112 valence electrons. The van der Waals surface area contributed by atoms with Gasteiger partial charge in [0.25, 0.3) is 0 Å². The average Bonchev–Trinajstić information content (AvgIpc) is 2.97. The minimum atomic E-state index is 0.184. The number of halogens is 1. The fraction of sp³-hybridized carbons (Fsp3) is 0.625. The maximum absolute atomic E-state index is 9.40. The molecule has 0 bridgehead atoms. The van der Waals surface area contributed by atoms with Crippen molar-refractivity contribution in [2.45, 2.75) is 45.2 Å². The molecular formula is C16H25ClN2O. The van der Waals surface area contributed by atoms with Gasteiger partial charge < -0.3 is 15.3 Å². The van der Waals surface area contributed by atoms with Crippen molar-refractivity contribution >= 4 is 17.3 Å². The van der Waals surface area contributed by atoms with Gasteiger partial charge in [0.15, 0.2) is 0 Å². The van der Waals surface area contributed by atoms with Crippen molar-refractivity contribution in [3.8, 4) is 0 Å². The topological polar surface area (TPSA) is 35.5 Å². The minimum Gasteiger partial charge on any atom is -0.395 e. The van der Waals surface area contributed by atoms with Gasteiger partial charge in [-0.3, -0.25) is 0 Å². The van der Waals surface area contributed by atoms with Crippen LogP contribution >= 0.6 is 11.6 Å². The van der Waals surface area contributed by atoms with Gasteiger partial charge in [0.1, 0.15) is 0 Å². The first kappa shape index (κ1) is 15.6. The maximum Gasteiger partial charge on any atom is 0.0606 e. The Kier molecular flexibility index (Phi) is 6.14. The molecule has 0 aliphatic heterocycles. The summed E-state index contributed by atoms with van der Waals surface area (Å²) in [5.41, 5.74) is 2.44. The van der Waals surface area contributed by atoms with Crippen molar-refractivity contribution in [2.75, 3.05) is 24.6 Å². The van der Waals surface area contributed by atoms with Gasteiger partial charge in [-0.25, -0.2) is 0 Å². The van der Waals surface area contributed by atoms with Gasteiger partial charge in [0.2, 0.25) is 0 Å². The van der Waals surface area contributed by atoms with Gasteiger partial charge in [-0.05, 0) is 37.1 Å². The van der Waals surface area contributed by atoms with Crippen molar-refractivity contribution in [3.63, 3.8) is 0 Å². The summed E-state index contributed by atoms with van der Waals surface area (Å²) < 4.78 is 0. The van der Waals surface area contributed by atoms with E-state index in [2.05, 4.69) is 23.2 Å². The number of anilines is 1. The van der Waals surface area contributed by atoms with Crippen LogP contribution in [0.2, 0.25) is 5.02 Å². The highest BCUT2D eigenvalue weighted by Crippen LogP contribution is 2.32. The Morgan fingerprint density at radius 3 is 2.75 bits per heavy atom. The largest absolute Gasteiger partial charge is 0.395 e. The zero-order chi connectivity index (χ0) is 14.4. The van der Waals surface area contributed by atoms with Crippen molar-refractivity contribution in [1.82, 2.24) is 5.32 Å². The molecule has 1 fully saturated rings. The van der Waals surface area contributed by atoms with Crippen LogP contribution in [0.1, 0.15) is 38.2 Å². The van der Waals surface area contributed by atoms with E-state index in [9.17, 15) is 5.11 Å². The van der Waals surface area contributed by atoms with Gasteiger partial charge in [0, 0.05) is 29.8 Å². The lowest BCUT2D eigenvalue weighted by Gasteiger charge is -2.32. The van der Waals surface area contributed by atoms with Gasteiger partial charge in [0.05, 0.1) is 6.61 Å².